The minimum absolute atomic E-state index is 0.0927. The van der Waals surface area contributed by atoms with E-state index in [4.69, 9.17) is 11.6 Å². The average Bonchev–Trinajstić information content (AvgIpc) is 3.17. The summed E-state index contributed by atoms with van der Waals surface area (Å²) in [5.41, 5.74) is 1.38. The summed E-state index contributed by atoms with van der Waals surface area (Å²) in [5.74, 6) is 2.10. The molecule has 1 atom stereocenters. The maximum atomic E-state index is 14.3. The van der Waals surface area contributed by atoms with Gasteiger partial charge in [-0.05, 0) is 85.9 Å². The number of nitrogens with zero attached hydrogens (tertiary/aromatic N) is 1. The second kappa shape index (κ2) is 6.83. The van der Waals surface area contributed by atoms with Crippen LogP contribution in [0.5, 0.6) is 0 Å². The fourth-order valence-electron chi connectivity index (χ4n) is 7.10. The summed E-state index contributed by atoms with van der Waals surface area (Å²) < 4.78 is 0. The maximum absolute atomic E-state index is 14.3. The molecule has 2 aromatic rings. The smallest absolute Gasteiger partial charge is 0.244 e. The standard InChI is InChI=1S/C24H25ClN2O2S/c25-17-3-4-19-18(9-17)22(20-2-1-5-30-20)27(13-21(28)26-19)23(29)24-10-14-6-15(11-24)8-16(7-14)12-24/h1-5,9,14-16,22H,6-8,10-13H2,(H,26,28). The van der Waals surface area contributed by atoms with Crippen LogP contribution in [0.3, 0.4) is 0 Å². The van der Waals surface area contributed by atoms with Gasteiger partial charge in [0.1, 0.15) is 6.54 Å². The lowest BCUT2D eigenvalue weighted by molar-refractivity contribution is -0.160. The van der Waals surface area contributed by atoms with Crippen molar-refractivity contribution in [2.75, 3.05) is 11.9 Å². The van der Waals surface area contributed by atoms with Crippen molar-refractivity contribution >= 4 is 40.4 Å². The Morgan fingerprint density at radius 2 is 1.80 bits per heavy atom. The molecule has 30 heavy (non-hydrogen) atoms. The lowest BCUT2D eigenvalue weighted by atomic mass is 9.49. The molecule has 4 nitrogen and oxygen atoms in total. The lowest BCUT2D eigenvalue weighted by Gasteiger charge is -2.57. The van der Waals surface area contributed by atoms with Crippen LogP contribution < -0.4 is 5.32 Å². The van der Waals surface area contributed by atoms with Crippen molar-refractivity contribution in [2.45, 2.75) is 44.6 Å². The molecule has 1 aliphatic heterocycles. The summed E-state index contributed by atoms with van der Waals surface area (Å²) in [6.45, 7) is 0.0927. The number of hydrogen-bond donors (Lipinski definition) is 1. The Hall–Kier alpha value is -1.85. The van der Waals surface area contributed by atoms with Crippen LogP contribution in [0, 0.1) is 23.2 Å². The predicted octanol–water partition coefficient (Wildman–Crippen LogP) is 5.49. The molecule has 156 valence electrons. The van der Waals surface area contributed by atoms with E-state index in [1.54, 1.807) is 17.4 Å². The normalized spacial score (nSPS) is 34.4. The third-order valence-corrected chi connectivity index (χ3v) is 8.93. The fourth-order valence-corrected chi connectivity index (χ4v) is 8.13. The maximum Gasteiger partial charge on any atom is 0.244 e. The van der Waals surface area contributed by atoms with E-state index < -0.39 is 0 Å². The minimum atomic E-state index is -0.284. The molecule has 6 heteroatoms. The van der Waals surface area contributed by atoms with Gasteiger partial charge >= 0.3 is 0 Å². The summed E-state index contributed by atoms with van der Waals surface area (Å²) in [7, 11) is 0. The molecule has 1 N–H and O–H groups in total. The number of benzene rings is 1. The average molecular weight is 441 g/mol. The molecule has 1 unspecified atom stereocenters. The summed E-state index contributed by atoms with van der Waals surface area (Å²) >= 11 is 8.00. The number of anilines is 1. The van der Waals surface area contributed by atoms with Gasteiger partial charge in [0.25, 0.3) is 0 Å². The molecule has 2 amide bonds. The number of nitrogens with one attached hydrogen (secondary N) is 1. The van der Waals surface area contributed by atoms with E-state index >= 15 is 0 Å². The van der Waals surface area contributed by atoms with E-state index in [2.05, 4.69) is 11.4 Å². The van der Waals surface area contributed by atoms with Crippen molar-refractivity contribution in [3.63, 3.8) is 0 Å². The first-order valence-corrected chi connectivity index (χ1v) is 12.2. The van der Waals surface area contributed by atoms with Crippen LogP contribution in [-0.2, 0) is 9.59 Å². The number of carbonyl (C=O) groups excluding carboxylic acids is 2. The summed E-state index contributed by atoms with van der Waals surface area (Å²) in [6.07, 6.45) is 6.86. The SMILES string of the molecule is O=C1CN(C(=O)C23CC4CC(CC(C4)C2)C3)C(c2cccs2)c2cc(Cl)ccc2N1. The number of rotatable bonds is 2. The molecule has 0 spiro atoms. The molecule has 4 bridgehead atoms. The summed E-state index contributed by atoms with van der Waals surface area (Å²) in [4.78, 5) is 30.1. The Morgan fingerprint density at radius 1 is 1.10 bits per heavy atom. The highest BCUT2D eigenvalue weighted by atomic mass is 35.5. The second-order valence-corrected chi connectivity index (χ2v) is 11.2. The first-order valence-electron chi connectivity index (χ1n) is 10.9. The topological polar surface area (TPSA) is 49.4 Å². The molecule has 4 saturated carbocycles. The van der Waals surface area contributed by atoms with E-state index in [0.717, 1.165) is 35.4 Å². The van der Waals surface area contributed by atoms with Gasteiger partial charge in [-0.2, -0.15) is 0 Å². The third kappa shape index (κ3) is 2.93. The monoisotopic (exact) mass is 440 g/mol. The lowest BCUT2D eigenvalue weighted by Crippen LogP contribution is -2.55. The number of fused-ring (bicyclic) bond motifs is 1. The number of halogens is 1. The van der Waals surface area contributed by atoms with Crippen molar-refractivity contribution in [2.24, 2.45) is 23.2 Å². The van der Waals surface area contributed by atoms with Crippen molar-refractivity contribution in [1.82, 2.24) is 4.90 Å². The Balaban J connectivity index is 1.46. The van der Waals surface area contributed by atoms with E-state index in [0.29, 0.717) is 22.8 Å². The van der Waals surface area contributed by atoms with E-state index in [1.807, 2.05) is 28.5 Å². The van der Waals surface area contributed by atoms with Gasteiger partial charge in [0.05, 0.1) is 11.5 Å². The van der Waals surface area contributed by atoms with Crippen molar-refractivity contribution in [1.29, 1.82) is 0 Å². The zero-order chi connectivity index (χ0) is 20.5. The zero-order valence-corrected chi connectivity index (χ0v) is 18.3. The van der Waals surface area contributed by atoms with Gasteiger partial charge in [0, 0.05) is 21.2 Å². The minimum Gasteiger partial charge on any atom is -0.324 e. The highest BCUT2D eigenvalue weighted by molar-refractivity contribution is 7.10. The molecule has 5 aliphatic rings. The van der Waals surface area contributed by atoms with Gasteiger partial charge in [0.15, 0.2) is 0 Å². The Labute approximate surface area is 185 Å². The molecule has 0 saturated heterocycles. The van der Waals surface area contributed by atoms with Crippen molar-refractivity contribution in [3.8, 4) is 0 Å². The zero-order valence-electron chi connectivity index (χ0n) is 16.8. The molecule has 1 aromatic heterocycles. The summed E-state index contributed by atoms with van der Waals surface area (Å²) in [5, 5.41) is 5.67. The molecule has 2 heterocycles. The predicted molar refractivity (Wildman–Crippen MR) is 119 cm³/mol. The fraction of sp³-hybridized carbons (Fsp3) is 0.500. The molecule has 4 aliphatic carbocycles. The molecule has 7 rings (SSSR count). The van der Waals surface area contributed by atoms with Crippen LogP contribution in [0.25, 0.3) is 0 Å². The van der Waals surface area contributed by atoms with Crippen LogP contribution >= 0.6 is 22.9 Å². The Bertz CT molecular complexity index is 983. The van der Waals surface area contributed by atoms with Crippen molar-refractivity contribution in [3.05, 3.63) is 51.2 Å². The van der Waals surface area contributed by atoms with Crippen LogP contribution in [0.4, 0.5) is 5.69 Å². The number of thiophene rings is 1. The first kappa shape index (κ1) is 18.9. The van der Waals surface area contributed by atoms with E-state index in [1.165, 1.54) is 19.3 Å². The Morgan fingerprint density at radius 3 is 2.43 bits per heavy atom. The molecular formula is C24H25ClN2O2S. The Kier molecular flexibility index (Phi) is 4.30. The number of amides is 2. The van der Waals surface area contributed by atoms with Crippen LogP contribution in [-0.4, -0.2) is 23.3 Å². The van der Waals surface area contributed by atoms with Gasteiger partial charge < -0.3 is 10.2 Å². The number of carbonyl (C=O) groups is 2. The highest BCUT2D eigenvalue weighted by Crippen LogP contribution is 2.61. The van der Waals surface area contributed by atoms with E-state index in [-0.39, 0.29) is 29.8 Å². The third-order valence-electron chi connectivity index (χ3n) is 7.77. The van der Waals surface area contributed by atoms with Crippen LogP contribution in [0.1, 0.15) is 55.0 Å². The van der Waals surface area contributed by atoms with Gasteiger partial charge in [-0.3, -0.25) is 9.59 Å². The van der Waals surface area contributed by atoms with Crippen molar-refractivity contribution < 1.29 is 9.59 Å². The molecule has 1 aromatic carbocycles. The first-order chi connectivity index (χ1) is 14.5. The molecule has 0 radical (unpaired) electrons. The summed E-state index contributed by atoms with van der Waals surface area (Å²) in [6, 6.07) is 9.36. The second-order valence-electron chi connectivity index (χ2n) is 9.83. The van der Waals surface area contributed by atoms with Crippen LogP contribution in [0.15, 0.2) is 35.7 Å². The largest absolute Gasteiger partial charge is 0.324 e. The molecule has 4 fully saturated rings. The van der Waals surface area contributed by atoms with Gasteiger partial charge in [0.2, 0.25) is 11.8 Å². The van der Waals surface area contributed by atoms with Gasteiger partial charge in [-0.25, -0.2) is 0 Å². The van der Waals surface area contributed by atoms with Gasteiger partial charge in [-0.1, -0.05) is 17.7 Å². The van der Waals surface area contributed by atoms with E-state index in [9.17, 15) is 9.59 Å². The highest BCUT2D eigenvalue weighted by Gasteiger charge is 2.56. The number of hydrogen-bond acceptors (Lipinski definition) is 3. The van der Waals surface area contributed by atoms with Crippen LogP contribution in [0.2, 0.25) is 5.02 Å². The van der Waals surface area contributed by atoms with Gasteiger partial charge in [-0.15, -0.1) is 11.3 Å². The quantitative estimate of drug-likeness (QED) is 0.671. The molecular weight excluding hydrogens is 416 g/mol.